The Hall–Kier alpha value is -1.40. The quantitative estimate of drug-likeness (QED) is 0.801. The molecule has 0 aliphatic carbocycles. The van der Waals surface area contributed by atoms with Gasteiger partial charge in [-0.25, -0.2) is 4.79 Å². The van der Waals surface area contributed by atoms with Gasteiger partial charge < -0.3 is 15.2 Å². The number of aryl methyl sites for hydroxylation is 2. The Labute approximate surface area is 116 Å². The Morgan fingerprint density at radius 2 is 2.21 bits per heavy atom. The number of carbonyl (C=O) groups is 2. The van der Waals surface area contributed by atoms with E-state index in [1.165, 1.54) is 18.4 Å². The number of ether oxygens (including phenoxy) is 1. The van der Waals surface area contributed by atoms with Gasteiger partial charge in [0.05, 0.1) is 4.88 Å². The number of thiophene rings is 1. The minimum atomic E-state index is -1.05. The molecule has 1 amide bonds. The predicted molar refractivity (Wildman–Crippen MR) is 73.8 cm³/mol. The van der Waals surface area contributed by atoms with Gasteiger partial charge in [0.15, 0.2) is 0 Å². The molecule has 0 bridgehead atoms. The molecule has 1 unspecified atom stereocenters. The van der Waals surface area contributed by atoms with Crippen LogP contribution in [0.5, 0.6) is 0 Å². The molecule has 0 aromatic carbocycles. The van der Waals surface area contributed by atoms with Gasteiger partial charge in [0.1, 0.15) is 6.04 Å². The van der Waals surface area contributed by atoms with Crippen molar-refractivity contribution in [2.45, 2.75) is 32.7 Å². The number of amides is 1. The van der Waals surface area contributed by atoms with Gasteiger partial charge in [0.2, 0.25) is 0 Å². The highest BCUT2D eigenvalue weighted by Crippen LogP contribution is 2.22. The normalized spacial score (nSPS) is 12.2. The first-order valence-corrected chi connectivity index (χ1v) is 6.93. The number of rotatable bonds is 7. The fourth-order valence-electron chi connectivity index (χ4n) is 1.71. The van der Waals surface area contributed by atoms with Gasteiger partial charge in [-0.05, 0) is 25.0 Å². The van der Waals surface area contributed by atoms with Crippen molar-refractivity contribution in [3.63, 3.8) is 0 Å². The van der Waals surface area contributed by atoms with Crippen LogP contribution in [-0.2, 0) is 16.0 Å². The van der Waals surface area contributed by atoms with Crippen LogP contribution in [0, 0.1) is 6.92 Å². The van der Waals surface area contributed by atoms with E-state index in [1.807, 2.05) is 19.9 Å². The van der Waals surface area contributed by atoms with E-state index in [9.17, 15) is 9.59 Å². The average Bonchev–Trinajstić information content (AvgIpc) is 2.75. The zero-order valence-electron chi connectivity index (χ0n) is 11.4. The first-order chi connectivity index (χ1) is 8.99. The Kier molecular flexibility index (Phi) is 5.98. The molecule has 0 saturated heterocycles. The number of carbonyl (C=O) groups excluding carboxylic acids is 1. The number of carboxylic acids is 1. The first kappa shape index (κ1) is 15.7. The van der Waals surface area contributed by atoms with Crippen molar-refractivity contribution in [1.29, 1.82) is 0 Å². The molecule has 0 spiro atoms. The summed E-state index contributed by atoms with van der Waals surface area (Å²) in [7, 11) is 1.50. The maximum absolute atomic E-state index is 12.0. The Bertz CT molecular complexity index is 455. The van der Waals surface area contributed by atoms with Gasteiger partial charge in [-0.1, -0.05) is 6.92 Å². The van der Waals surface area contributed by atoms with Crippen LogP contribution in [0.25, 0.3) is 0 Å². The van der Waals surface area contributed by atoms with Crippen molar-refractivity contribution in [3.8, 4) is 0 Å². The summed E-state index contributed by atoms with van der Waals surface area (Å²) in [5.41, 5.74) is 1.12. The Morgan fingerprint density at radius 1 is 1.53 bits per heavy atom. The smallest absolute Gasteiger partial charge is 0.326 e. The average molecular weight is 285 g/mol. The standard InChI is InChI=1S/C13H19NO4S/c1-4-9-7-11(19-8(9)2)12(15)14-10(13(16)17)5-6-18-3/h7,10H,4-6H2,1-3H3,(H,14,15)(H,16,17). The van der Waals surface area contributed by atoms with E-state index in [1.54, 1.807) is 0 Å². The van der Waals surface area contributed by atoms with Crippen molar-refractivity contribution < 1.29 is 19.4 Å². The summed E-state index contributed by atoms with van der Waals surface area (Å²) < 4.78 is 4.84. The second kappa shape index (κ2) is 7.25. The summed E-state index contributed by atoms with van der Waals surface area (Å²) in [6.45, 7) is 4.27. The van der Waals surface area contributed by atoms with Crippen LogP contribution in [0.4, 0.5) is 0 Å². The third-order valence-electron chi connectivity index (χ3n) is 2.84. The lowest BCUT2D eigenvalue weighted by molar-refractivity contribution is -0.139. The van der Waals surface area contributed by atoms with E-state index >= 15 is 0 Å². The summed E-state index contributed by atoms with van der Waals surface area (Å²) in [5.74, 6) is -1.38. The highest BCUT2D eigenvalue weighted by molar-refractivity contribution is 7.14. The third-order valence-corrected chi connectivity index (χ3v) is 3.93. The maximum Gasteiger partial charge on any atom is 0.326 e. The molecule has 2 N–H and O–H groups in total. The van der Waals surface area contributed by atoms with Gasteiger partial charge in [-0.2, -0.15) is 0 Å². The Balaban J connectivity index is 2.72. The monoisotopic (exact) mass is 285 g/mol. The summed E-state index contributed by atoms with van der Waals surface area (Å²) in [6.07, 6.45) is 1.12. The lowest BCUT2D eigenvalue weighted by Crippen LogP contribution is -2.41. The number of nitrogens with one attached hydrogen (secondary N) is 1. The molecule has 1 rings (SSSR count). The molecule has 0 radical (unpaired) electrons. The van der Waals surface area contributed by atoms with Gasteiger partial charge >= 0.3 is 5.97 Å². The van der Waals surface area contributed by atoms with Crippen LogP contribution in [0.2, 0.25) is 0 Å². The molecule has 1 aromatic rings. The van der Waals surface area contributed by atoms with Crippen LogP contribution in [0.1, 0.15) is 33.5 Å². The molecule has 19 heavy (non-hydrogen) atoms. The molecule has 5 nitrogen and oxygen atoms in total. The van der Waals surface area contributed by atoms with Gasteiger partial charge in [-0.3, -0.25) is 4.79 Å². The van der Waals surface area contributed by atoms with E-state index in [4.69, 9.17) is 9.84 Å². The number of carboxylic acid groups (broad SMARTS) is 1. The fraction of sp³-hybridized carbons (Fsp3) is 0.538. The molecule has 0 fully saturated rings. The third kappa shape index (κ3) is 4.33. The van der Waals surface area contributed by atoms with Crippen LogP contribution in [-0.4, -0.2) is 36.7 Å². The van der Waals surface area contributed by atoms with E-state index in [0.717, 1.165) is 16.9 Å². The first-order valence-electron chi connectivity index (χ1n) is 6.11. The van der Waals surface area contributed by atoms with Gasteiger partial charge in [0.25, 0.3) is 5.91 Å². The summed E-state index contributed by atoms with van der Waals surface area (Å²) >= 11 is 1.39. The molecule has 0 aliphatic rings. The molecular formula is C13H19NO4S. The minimum absolute atomic E-state index is 0.253. The van der Waals surface area contributed by atoms with Crippen molar-refractivity contribution in [1.82, 2.24) is 5.32 Å². The second-order valence-corrected chi connectivity index (χ2v) is 5.45. The molecule has 0 aliphatic heterocycles. The van der Waals surface area contributed by atoms with Gasteiger partial charge in [-0.15, -0.1) is 11.3 Å². The molecule has 106 valence electrons. The SMILES string of the molecule is CCc1cc(C(=O)NC(CCOC)C(=O)O)sc1C. The van der Waals surface area contributed by atoms with Crippen LogP contribution >= 0.6 is 11.3 Å². The summed E-state index contributed by atoms with van der Waals surface area (Å²) in [5, 5.41) is 11.6. The van der Waals surface area contributed by atoms with Crippen molar-refractivity contribution in [2.75, 3.05) is 13.7 Å². The summed E-state index contributed by atoms with van der Waals surface area (Å²) in [6, 6.07) is 0.907. The van der Waals surface area contributed by atoms with Gasteiger partial charge in [0, 0.05) is 25.0 Å². The summed E-state index contributed by atoms with van der Waals surface area (Å²) in [4.78, 5) is 24.7. The maximum atomic E-state index is 12.0. The molecule has 1 heterocycles. The van der Waals surface area contributed by atoms with E-state index in [2.05, 4.69) is 5.32 Å². The van der Waals surface area contributed by atoms with Crippen molar-refractivity contribution in [2.24, 2.45) is 0 Å². The second-order valence-electron chi connectivity index (χ2n) is 4.19. The number of hydrogen-bond donors (Lipinski definition) is 2. The highest BCUT2D eigenvalue weighted by atomic mass is 32.1. The van der Waals surface area contributed by atoms with Crippen molar-refractivity contribution in [3.05, 3.63) is 21.4 Å². The number of methoxy groups -OCH3 is 1. The lowest BCUT2D eigenvalue weighted by Gasteiger charge is -2.13. The predicted octanol–water partition coefficient (Wildman–Crippen LogP) is 1.84. The van der Waals surface area contributed by atoms with E-state index < -0.39 is 12.0 Å². The number of aliphatic carboxylic acids is 1. The number of hydrogen-bond acceptors (Lipinski definition) is 4. The zero-order valence-corrected chi connectivity index (χ0v) is 12.2. The van der Waals surface area contributed by atoms with Crippen molar-refractivity contribution >= 4 is 23.2 Å². The van der Waals surface area contributed by atoms with Crippen LogP contribution < -0.4 is 5.32 Å². The lowest BCUT2D eigenvalue weighted by atomic mass is 10.2. The largest absolute Gasteiger partial charge is 0.480 e. The molecular weight excluding hydrogens is 266 g/mol. The molecule has 0 saturated carbocycles. The Morgan fingerprint density at radius 3 is 2.68 bits per heavy atom. The van der Waals surface area contributed by atoms with E-state index in [0.29, 0.717) is 11.5 Å². The van der Waals surface area contributed by atoms with Crippen LogP contribution in [0.15, 0.2) is 6.07 Å². The highest BCUT2D eigenvalue weighted by Gasteiger charge is 2.21. The zero-order chi connectivity index (χ0) is 14.4. The topological polar surface area (TPSA) is 75.6 Å². The fourth-order valence-corrected chi connectivity index (χ4v) is 2.72. The minimum Gasteiger partial charge on any atom is -0.480 e. The molecule has 1 atom stereocenters. The van der Waals surface area contributed by atoms with Crippen LogP contribution in [0.3, 0.4) is 0 Å². The molecule has 6 heteroatoms. The molecule has 1 aromatic heterocycles. The van der Waals surface area contributed by atoms with E-state index in [-0.39, 0.29) is 12.3 Å².